The van der Waals surface area contributed by atoms with Crippen molar-refractivity contribution in [1.82, 2.24) is 5.32 Å². The molecule has 0 aromatic heterocycles. The highest BCUT2D eigenvalue weighted by atomic mass is 35.5. The molecular weight excluding hydrogens is 411 g/mol. The minimum absolute atomic E-state index is 0.269. The van der Waals surface area contributed by atoms with E-state index in [2.05, 4.69) is 35.4 Å². The molecule has 1 N–H and O–H groups in total. The molecular formula is C17H22Cl5NO. The number of halogens is 5. The van der Waals surface area contributed by atoms with Crippen LogP contribution >= 0.6 is 58.0 Å². The standard InChI is InChI=1S/C17H22Cl5NO/c1-3-4-5-6-7-8-11-15(23-14(2)24)17(21,22)16(19,20)12-9-10-13-18/h15H,3-8,11H2,1-2H3,(H,23,24). The second-order valence-electron chi connectivity index (χ2n) is 5.48. The van der Waals surface area contributed by atoms with Crippen molar-refractivity contribution in [2.24, 2.45) is 0 Å². The number of carbonyl (C=O) groups is 1. The second-order valence-corrected chi connectivity index (χ2v) is 8.38. The number of hydrogen-bond donors (Lipinski definition) is 1. The first-order chi connectivity index (χ1) is 11.2. The lowest BCUT2D eigenvalue weighted by molar-refractivity contribution is -0.119. The van der Waals surface area contributed by atoms with Crippen LogP contribution in [0.5, 0.6) is 0 Å². The zero-order valence-corrected chi connectivity index (χ0v) is 17.6. The summed E-state index contributed by atoms with van der Waals surface area (Å²) < 4.78 is -3.52. The molecule has 0 aliphatic carbocycles. The Kier molecular flexibility index (Phi) is 12.4. The van der Waals surface area contributed by atoms with Crippen LogP contribution in [-0.4, -0.2) is 20.6 Å². The lowest BCUT2D eigenvalue weighted by atomic mass is 10.0. The molecule has 0 fully saturated rings. The van der Waals surface area contributed by atoms with Gasteiger partial charge >= 0.3 is 0 Å². The first-order valence-electron chi connectivity index (χ1n) is 7.84. The quantitative estimate of drug-likeness (QED) is 0.264. The minimum Gasteiger partial charge on any atom is -0.350 e. The number of nitrogens with one attached hydrogen (secondary N) is 1. The molecule has 0 aromatic rings. The SMILES string of the molecule is CCCCCCCCC(NC(C)=O)C(Cl)(Cl)C(Cl)(Cl)C#CC#CCl. The largest absolute Gasteiger partial charge is 0.350 e. The Balaban J connectivity index is 4.95. The molecule has 0 saturated heterocycles. The highest BCUT2D eigenvalue weighted by molar-refractivity contribution is 6.64. The number of rotatable bonds is 10. The van der Waals surface area contributed by atoms with E-state index in [0.29, 0.717) is 6.42 Å². The van der Waals surface area contributed by atoms with Gasteiger partial charge in [0.05, 0.1) is 6.04 Å². The molecule has 0 heterocycles. The van der Waals surface area contributed by atoms with E-state index >= 15 is 0 Å². The molecule has 7 heteroatoms. The molecule has 0 radical (unpaired) electrons. The van der Waals surface area contributed by atoms with Gasteiger partial charge in [-0.15, -0.1) is 0 Å². The summed E-state index contributed by atoms with van der Waals surface area (Å²) in [4.78, 5) is 11.5. The number of hydrogen-bond acceptors (Lipinski definition) is 1. The average Bonchev–Trinajstić information content (AvgIpc) is 2.49. The van der Waals surface area contributed by atoms with Gasteiger partial charge in [-0.05, 0) is 29.9 Å². The minimum atomic E-state index is -1.81. The summed E-state index contributed by atoms with van der Waals surface area (Å²) in [6.45, 7) is 3.55. The van der Waals surface area contributed by atoms with E-state index in [1.165, 1.54) is 26.2 Å². The van der Waals surface area contributed by atoms with Crippen molar-refractivity contribution >= 4 is 63.9 Å². The van der Waals surface area contributed by atoms with Crippen LogP contribution in [-0.2, 0) is 4.79 Å². The van der Waals surface area contributed by atoms with Gasteiger partial charge in [0.15, 0.2) is 4.33 Å². The smallest absolute Gasteiger partial charge is 0.217 e. The van der Waals surface area contributed by atoms with Gasteiger partial charge in [0, 0.05) is 18.2 Å². The van der Waals surface area contributed by atoms with Gasteiger partial charge in [0.2, 0.25) is 10.2 Å². The molecule has 2 nitrogen and oxygen atoms in total. The summed E-state index contributed by atoms with van der Waals surface area (Å²) >= 11 is 30.4. The maximum Gasteiger partial charge on any atom is 0.217 e. The normalized spacial score (nSPS) is 12.5. The first-order valence-corrected chi connectivity index (χ1v) is 9.73. The van der Waals surface area contributed by atoms with E-state index in [1.807, 2.05) is 0 Å². The molecule has 0 saturated carbocycles. The molecule has 1 amide bonds. The van der Waals surface area contributed by atoms with Gasteiger partial charge in [0.25, 0.3) is 0 Å². The van der Waals surface area contributed by atoms with Crippen LogP contribution in [0.2, 0.25) is 0 Å². The van der Waals surface area contributed by atoms with E-state index in [1.54, 1.807) is 0 Å². The zero-order valence-electron chi connectivity index (χ0n) is 13.8. The Morgan fingerprint density at radius 1 is 1.04 bits per heavy atom. The number of carbonyl (C=O) groups excluding carboxylic acids is 1. The molecule has 0 aliphatic heterocycles. The summed E-state index contributed by atoms with van der Waals surface area (Å²) in [5.41, 5.74) is 0. The monoisotopic (exact) mass is 431 g/mol. The first kappa shape index (κ1) is 24.0. The van der Waals surface area contributed by atoms with Crippen molar-refractivity contribution in [1.29, 1.82) is 0 Å². The zero-order chi connectivity index (χ0) is 18.6. The molecule has 0 aliphatic rings. The molecule has 136 valence electrons. The van der Waals surface area contributed by atoms with Crippen molar-refractivity contribution < 1.29 is 4.79 Å². The predicted octanol–water partition coefficient (Wildman–Crippen LogP) is 5.79. The Bertz CT molecular complexity index is 511. The van der Waals surface area contributed by atoms with Crippen molar-refractivity contribution in [2.75, 3.05) is 0 Å². The summed E-state index contributed by atoms with van der Waals surface area (Å²) in [5.74, 6) is 6.91. The van der Waals surface area contributed by atoms with Crippen molar-refractivity contribution in [3.8, 4) is 23.1 Å². The van der Waals surface area contributed by atoms with Crippen molar-refractivity contribution in [3.05, 3.63) is 0 Å². The van der Waals surface area contributed by atoms with Gasteiger partial charge in [-0.3, -0.25) is 4.79 Å². The Morgan fingerprint density at radius 2 is 1.62 bits per heavy atom. The van der Waals surface area contributed by atoms with Crippen LogP contribution in [0.15, 0.2) is 0 Å². The Morgan fingerprint density at radius 3 is 2.17 bits per heavy atom. The van der Waals surface area contributed by atoms with Gasteiger partial charge < -0.3 is 5.32 Å². The third-order valence-corrected chi connectivity index (χ3v) is 5.77. The van der Waals surface area contributed by atoms with Crippen LogP contribution in [0.25, 0.3) is 0 Å². The fourth-order valence-electron chi connectivity index (χ4n) is 2.15. The number of alkyl halides is 4. The maximum absolute atomic E-state index is 11.5. The summed E-state index contributed by atoms with van der Waals surface area (Å²) in [6.07, 6.45) is 7.11. The summed E-state index contributed by atoms with van der Waals surface area (Å²) in [7, 11) is 0. The molecule has 0 bridgehead atoms. The van der Waals surface area contributed by atoms with Gasteiger partial charge in [0.1, 0.15) is 0 Å². The van der Waals surface area contributed by atoms with E-state index in [0.717, 1.165) is 19.3 Å². The van der Waals surface area contributed by atoms with Crippen LogP contribution in [0.4, 0.5) is 0 Å². The molecule has 0 aromatic carbocycles. The number of unbranched alkanes of at least 4 members (excludes halogenated alkanes) is 5. The fraction of sp³-hybridized carbons (Fsp3) is 0.706. The lowest BCUT2D eigenvalue weighted by Gasteiger charge is -2.36. The average molecular weight is 434 g/mol. The fourth-order valence-corrected chi connectivity index (χ4v) is 2.98. The van der Waals surface area contributed by atoms with Crippen LogP contribution < -0.4 is 5.32 Å². The van der Waals surface area contributed by atoms with Gasteiger partial charge in [-0.2, -0.15) is 0 Å². The lowest BCUT2D eigenvalue weighted by Crippen LogP contribution is -2.53. The highest BCUT2D eigenvalue weighted by Crippen LogP contribution is 2.46. The third kappa shape index (κ3) is 8.94. The molecule has 1 atom stereocenters. The van der Waals surface area contributed by atoms with Gasteiger partial charge in [-0.1, -0.05) is 91.9 Å². The van der Waals surface area contributed by atoms with Crippen LogP contribution in [0.1, 0.15) is 58.8 Å². The molecule has 0 spiro atoms. The van der Waals surface area contributed by atoms with Gasteiger partial charge in [-0.25, -0.2) is 0 Å². The van der Waals surface area contributed by atoms with E-state index in [9.17, 15) is 4.79 Å². The summed E-state index contributed by atoms with van der Waals surface area (Å²) in [6, 6.07) is -0.641. The number of amides is 1. The third-order valence-electron chi connectivity index (χ3n) is 3.41. The maximum atomic E-state index is 11.5. The molecule has 24 heavy (non-hydrogen) atoms. The van der Waals surface area contributed by atoms with Crippen LogP contribution in [0.3, 0.4) is 0 Å². The van der Waals surface area contributed by atoms with Crippen LogP contribution in [0, 0.1) is 23.1 Å². The van der Waals surface area contributed by atoms with E-state index in [4.69, 9.17) is 58.0 Å². The van der Waals surface area contributed by atoms with Crippen molar-refractivity contribution in [3.63, 3.8) is 0 Å². The molecule has 0 rings (SSSR count). The summed E-state index contributed by atoms with van der Waals surface area (Å²) in [5, 5.41) is 4.80. The predicted molar refractivity (Wildman–Crippen MR) is 106 cm³/mol. The van der Waals surface area contributed by atoms with E-state index in [-0.39, 0.29) is 5.91 Å². The highest BCUT2D eigenvalue weighted by Gasteiger charge is 2.52. The second kappa shape index (κ2) is 12.4. The Hall–Kier alpha value is 0.0400. The van der Waals surface area contributed by atoms with Crippen molar-refractivity contribution in [2.45, 2.75) is 73.5 Å². The topological polar surface area (TPSA) is 29.1 Å². The Labute approximate surface area is 170 Å². The molecule has 1 unspecified atom stereocenters. The van der Waals surface area contributed by atoms with E-state index < -0.39 is 14.7 Å².